The molecule has 4 rings (SSSR count). The number of hydrogen-bond acceptors (Lipinski definition) is 5. The van der Waals surface area contributed by atoms with E-state index in [-0.39, 0.29) is 18.2 Å². The number of nitrogens with zero attached hydrogens (tertiary/aromatic N) is 3. The van der Waals surface area contributed by atoms with Crippen molar-refractivity contribution in [1.82, 2.24) is 20.5 Å². The van der Waals surface area contributed by atoms with Gasteiger partial charge >= 0.3 is 0 Å². The first-order valence-electron chi connectivity index (χ1n) is 9.42. The summed E-state index contributed by atoms with van der Waals surface area (Å²) in [5.74, 6) is 0.382. The van der Waals surface area contributed by atoms with Gasteiger partial charge in [0.05, 0.1) is 6.04 Å². The minimum absolute atomic E-state index is 0.0848. The third-order valence-electron chi connectivity index (χ3n) is 5.07. The fourth-order valence-electron chi connectivity index (χ4n) is 3.55. The Kier molecular flexibility index (Phi) is 5.37. The fraction of sp³-hybridized carbons (Fsp3) is 0.286. The van der Waals surface area contributed by atoms with E-state index in [0.29, 0.717) is 23.5 Å². The Morgan fingerprint density at radius 1 is 1.24 bits per heavy atom. The molecule has 3 atom stereocenters. The lowest BCUT2D eigenvalue weighted by Gasteiger charge is -2.23. The Morgan fingerprint density at radius 2 is 1.97 bits per heavy atom. The summed E-state index contributed by atoms with van der Waals surface area (Å²) in [6, 6.07) is 15.7. The SMILES string of the molecule is CN1C(=O)[C@@H](NC(O)c2n[nH]c(Cc3ccccc3)n2)C[C@H](F)c2ccccc21. The van der Waals surface area contributed by atoms with Crippen molar-refractivity contribution in [3.63, 3.8) is 0 Å². The molecule has 0 bridgehead atoms. The van der Waals surface area contributed by atoms with Crippen molar-refractivity contribution in [2.24, 2.45) is 0 Å². The van der Waals surface area contributed by atoms with Crippen LogP contribution in [-0.4, -0.2) is 39.3 Å². The lowest BCUT2D eigenvalue weighted by atomic mass is 10.0. The van der Waals surface area contributed by atoms with Gasteiger partial charge in [0.25, 0.3) is 0 Å². The lowest BCUT2D eigenvalue weighted by molar-refractivity contribution is -0.121. The Labute approximate surface area is 167 Å². The van der Waals surface area contributed by atoms with E-state index in [4.69, 9.17) is 0 Å². The van der Waals surface area contributed by atoms with Crippen LogP contribution in [0.2, 0.25) is 0 Å². The number of benzene rings is 2. The number of likely N-dealkylation sites (N-methyl/N-ethyl adjacent to an activating group) is 1. The van der Waals surface area contributed by atoms with Gasteiger partial charge in [-0.3, -0.25) is 15.2 Å². The van der Waals surface area contributed by atoms with E-state index in [1.165, 1.54) is 4.90 Å². The van der Waals surface area contributed by atoms with Gasteiger partial charge in [-0.15, -0.1) is 0 Å². The van der Waals surface area contributed by atoms with E-state index in [2.05, 4.69) is 20.5 Å². The molecule has 29 heavy (non-hydrogen) atoms. The van der Waals surface area contributed by atoms with Crippen LogP contribution < -0.4 is 10.2 Å². The van der Waals surface area contributed by atoms with Crippen LogP contribution in [0.25, 0.3) is 0 Å². The summed E-state index contributed by atoms with van der Waals surface area (Å²) in [6.45, 7) is 0. The molecule has 0 saturated heterocycles. The molecule has 0 saturated carbocycles. The summed E-state index contributed by atoms with van der Waals surface area (Å²) in [6.07, 6.45) is -2.18. The monoisotopic (exact) mass is 395 g/mol. The number of rotatable bonds is 5. The summed E-state index contributed by atoms with van der Waals surface area (Å²) in [7, 11) is 1.60. The van der Waals surface area contributed by atoms with Gasteiger partial charge in [0.2, 0.25) is 5.91 Å². The second-order valence-corrected chi connectivity index (χ2v) is 7.08. The standard InChI is InChI=1S/C21H22FN5O2/c1-27-17-10-6-5-9-14(17)15(22)12-16(21(27)29)23-20(28)19-24-18(25-26-19)11-13-7-3-2-4-8-13/h2-10,15-16,20,23,28H,11-12H2,1H3,(H,24,25,26)/t15-,16-,20?/m0/s1. The number of aromatic amines is 1. The number of aliphatic hydroxyl groups excluding tert-OH is 1. The molecule has 2 heterocycles. The molecule has 0 spiro atoms. The molecule has 2 aromatic carbocycles. The van der Waals surface area contributed by atoms with Crippen molar-refractivity contribution < 1.29 is 14.3 Å². The molecule has 3 N–H and O–H groups in total. The maximum absolute atomic E-state index is 14.8. The van der Waals surface area contributed by atoms with E-state index in [9.17, 15) is 14.3 Å². The van der Waals surface area contributed by atoms with E-state index in [1.807, 2.05) is 30.3 Å². The zero-order chi connectivity index (χ0) is 20.4. The third kappa shape index (κ3) is 4.03. The summed E-state index contributed by atoms with van der Waals surface area (Å²) in [5, 5.41) is 20.1. The molecule has 0 radical (unpaired) electrons. The van der Waals surface area contributed by atoms with Gasteiger partial charge in [0.1, 0.15) is 12.0 Å². The van der Waals surface area contributed by atoms with Crippen molar-refractivity contribution >= 4 is 11.6 Å². The molecule has 3 aromatic rings. The normalized spacial score (nSPS) is 20.2. The number of H-pyrrole nitrogens is 1. The average molecular weight is 395 g/mol. The number of aromatic nitrogens is 3. The van der Waals surface area contributed by atoms with Crippen LogP contribution in [0.4, 0.5) is 10.1 Å². The van der Waals surface area contributed by atoms with Gasteiger partial charge in [0.15, 0.2) is 12.1 Å². The van der Waals surface area contributed by atoms with Crippen LogP contribution in [0.1, 0.15) is 41.6 Å². The predicted molar refractivity (Wildman–Crippen MR) is 106 cm³/mol. The number of hydrogen-bond donors (Lipinski definition) is 3. The van der Waals surface area contributed by atoms with Crippen LogP contribution in [0.3, 0.4) is 0 Å². The number of anilines is 1. The van der Waals surface area contributed by atoms with Crippen LogP contribution >= 0.6 is 0 Å². The first-order chi connectivity index (χ1) is 14.0. The highest BCUT2D eigenvalue weighted by Gasteiger charge is 2.35. The van der Waals surface area contributed by atoms with Gasteiger partial charge in [-0.2, -0.15) is 5.10 Å². The second kappa shape index (κ2) is 8.10. The maximum Gasteiger partial charge on any atom is 0.244 e. The smallest absolute Gasteiger partial charge is 0.244 e. The molecule has 1 aromatic heterocycles. The molecule has 150 valence electrons. The molecule has 1 aliphatic heterocycles. The van der Waals surface area contributed by atoms with E-state index in [1.54, 1.807) is 31.3 Å². The Morgan fingerprint density at radius 3 is 2.76 bits per heavy atom. The number of alkyl halides is 1. The van der Waals surface area contributed by atoms with E-state index >= 15 is 0 Å². The summed E-state index contributed by atoms with van der Waals surface area (Å²) in [4.78, 5) is 18.5. The molecule has 8 heteroatoms. The number of halogens is 1. The zero-order valence-electron chi connectivity index (χ0n) is 15.9. The topological polar surface area (TPSA) is 94.1 Å². The number of carbonyl (C=O) groups is 1. The van der Waals surface area contributed by atoms with Crippen molar-refractivity contribution in [3.05, 3.63) is 77.4 Å². The number of aliphatic hydroxyl groups is 1. The highest BCUT2D eigenvalue weighted by atomic mass is 19.1. The molecule has 1 aliphatic rings. The highest BCUT2D eigenvalue weighted by molar-refractivity contribution is 5.98. The number of nitrogens with one attached hydrogen (secondary N) is 2. The minimum atomic E-state index is -1.33. The predicted octanol–water partition coefficient (Wildman–Crippen LogP) is 2.42. The highest BCUT2D eigenvalue weighted by Crippen LogP contribution is 2.35. The maximum atomic E-state index is 14.8. The minimum Gasteiger partial charge on any atom is -0.371 e. The Bertz CT molecular complexity index is 994. The third-order valence-corrected chi connectivity index (χ3v) is 5.07. The fourth-order valence-corrected chi connectivity index (χ4v) is 3.55. The van der Waals surface area contributed by atoms with Crippen molar-refractivity contribution in [3.8, 4) is 0 Å². The molecule has 7 nitrogen and oxygen atoms in total. The second-order valence-electron chi connectivity index (χ2n) is 7.08. The largest absolute Gasteiger partial charge is 0.371 e. The van der Waals surface area contributed by atoms with Gasteiger partial charge in [-0.1, -0.05) is 48.5 Å². The Hall–Kier alpha value is -3.10. The van der Waals surface area contributed by atoms with Crippen molar-refractivity contribution in [2.45, 2.75) is 31.3 Å². The summed E-state index contributed by atoms with van der Waals surface area (Å²) < 4.78 is 14.8. The average Bonchev–Trinajstić information content (AvgIpc) is 3.18. The van der Waals surface area contributed by atoms with E-state index < -0.39 is 18.4 Å². The Balaban J connectivity index is 1.47. The molecule has 0 aliphatic carbocycles. The van der Waals surface area contributed by atoms with Gasteiger partial charge < -0.3 is 10.0 Å². The molecular formula is C21H22FN5O2. The molecular weight excluding hydrogens is 373 g/mol. The van der Waals surface area contributed by atoms with Crippen LogP contribution in [0.15, 0.2) is 54.6 Å². The number of fused-ring (bicyclic) bond motifs is 1. The summed E-state index contributed by atoms with van der Waals surface area (Å²) >= 11 is 0. The first kappa shape index (κ1) is 19.2. The molecule has 0 fully saturated rings. The quantitative estimate of drug-likeness (QED) is 0.577. The van der Waals surface area contributed by atoms with Gasteiger partial charge in [0, 0.05) is 31.1 Å². The number of carbonyl (C=O) groups excluding carboxylic acids is 1. The van der Waals surface area contributed by atoms with Crippen molar-refractivity contribution in [1.29, 1.82) is 0 Å². The van der Waals surface area contributed by atoms with Crippen molar-refractivity contribution in [2.75, 3.05) is 11.9 Å². The molecule has 1 unspecified atom stereocenters. The molecule has 1 amide bonds. The zero-order valence-corrected chi connectivity index (χ0v) is 15.9. The number of amides is 1. The number of para-hydroxylation sites is 1. The van der Waals surface area contributed by atoms with Crippen LogP contribution in [0.5, 0.6) is 0 Å². The first-order valence-corrected chi connectivity index (χ1v) is 9.42. The van der Waals surface area contributed by atoms with Crippen LogP contribution in [-0.2, 0) is 11.2 Å². The lowest BCUT2D eigenvalue weighted by Crippen LogP contribution is -2.46. The van der Waals surface area contributed by atoms with E-state index in [0.717, 1.165) is 5.56 Å². The van der Waals surface area contributed by atoms with Gasteiger partial charge in [-0.05, 0) is 11.6 Å². The van der Waals surface area contributed by atoms with Crippen LogP contribution in [0, 0.1) is 0 Å². The van der Waals surface area contributed by atoms with Gasteiger partial charge in [-0.25, -0.2) is 9.37 Å². The summed E-state index contributed by atoms with van der Waals surface area (Å²) in [5.41, 5.74) is 2.05.